The highest BCUT2D eigenvalue weighted by atomic mass is 16.5. The zero-order valence-corrected chi connectivity index (χ0v) is 11.7. The van der Waals surface area contributed by atoms with Crippen molar-refractivity contribution in [1.29, 1.82) is 0 Å². The Hall–Kier alpha value is -0.120. The zero-order chi connectivity index (χ0) is 12.6. The van der Waals surface area contributed by atoms with E-state index in [0.717, 1.165) is 37.4 Å². The van der Waals surface area contributed by atoms with Crippen molar-refractivity contribution in [3.05, 3.63) is 0 Å². The maximum Gasteiger partial charge on any atom is 0.0638 e. The third-order valence-corrected chi connectivity index (χ3v) is 5.66. The lowest BCUT2D eigenvalue weighted by molar-refractivity contribution is -0.0887. The smallest absolute Gasteiger partial charge is 0.0638 e. The van der Waals surface area contributed by atoms with Gasteiger partial charge in [-0.2, -0.15) is 0 Å². The normalized spacial score (nSPS) is 43.3. The van der Waals surface area contributed by atoms with Gasteiger partial charge in [-0.3, -0.25) is 11.3 Å². The second kappa shape index (κ2) is 5.10. The van der Waals surface area contributed by atoms with Crippen LogP contribution < -0.4 is 11.3 Å². The standard InChI is InChI=1S/C15H28N2O/c1-2-3-18-10-14(17-16)15-7-11-4-12(8-15)6-13(5-11)9-15/h11-14,17H,2-10,16H2,1H3. The molecule has 4 aliphatic carbocycles. The van der Waals surface area contributed by atoms with Crippen LogP contribution in [0.1, 0.15) is 51.9 Å². The second-order valence-corrected chi connectivity index (χ2v) is 7.07. The molecule has 4 rings (SSSR count). The number of nitrogens with one attached hydrogen (secondary N) is 1. The summed E-state index contributed by atoms with van der Waals surface area (Å²) in [6, 6.07) is 0.373. The lowest BCUT2D eigenvalue weighted by Crippen LogP contribution is -2.59. The van der Waals surface area contributed by atoms with Crippen molar-refractivity contribution in [1.82, 2.24) is 5.43 Å². The summed E-state index contributed by atoms with van der Waals surface area (Å²) < 4.78 is 5.78. The van der Waals surface area contributed by atoms with Gasteiger partial charge in [-0.15, -0.1) is 0 Å². The largest absolute Gasteiger partial charge is 0.380 e. The Bertz CT molecular complexity index is 257. The van der Waals surface area contributed by atoms with Crippen molar-refractivity contribution in [2.45, 2.75) is 57.9 Å². The van der Waals surface area contributed by atoms with E-state index in [9.17, 15) is 0 Å². The van der Waals surface area contributed by atoms with E-state index >= 15 is 0 Å². The van der Waals surface area contributed by atoms with Crippen molar-refractivity contribution in [3.63, 3.8) is 0 Å². The van der Waals surface area contributed by atoms with Crippen molar-refractivity contribution in [2.75, 3.05) is 13.2 Å². The van der Waals surface area contributed by atoms with E-state index < -0.39 is 0 Å². The Morgan fingerprint density at radius 2 is 1.72 bits per heavy atom. The van der Waals surface area contributed by atoms with Crippen LogP contribution in [0.2, 0.25) is 0 Å². The van der Waals surface area contributed by atoms with Gasteiger partial charge in [0.1, 0.15) is 0 Å². The molecule has 4 saturated carbocycles. The maximum atomic E-state index is 5.85. The molecular formula is C15H28N2O. The maximum absolute atomic E-state index is 5.85. The minimum absolute atomic E-state index is 0.373. The van der Waals surface area contributed by atoms with Crippen molar-refractivity contribution < 1.29 is 4.74 Å². The lowest BCUT2D eigenvalue weighted by Gasteiger charge is -2.59. The van der Waals surface area contributed by atoms with E-state index in [0.29, 0.717) is 11.5 Å². The molecule has 3 heteroatoms. The third kappa shape index (κ3) is 2.21. The molecule has 0 aromatic carbocycles. The first-order valence-corrected chi connectivity index (χ1v) is 7.79. The number of ether oxygens (including phenoxy) is 1. The van der Waals surface area contributed by atoms with Gasteiger partial charge in [-0.25, -0.2) is 0 Å². The monoisotopic (exact) mass is 252 g/mol. The Morgan fingerprint density at radius 3 is 2.17 bits per heavy atom. The minimum atomic E-state index is 0.373. The molecule has 0 amide bonds. The quantitative estimate of drug-likeness (QED) is 0.434. The molecule has 18 heavy (non-hydrogen) atoms. The summed E-state index contributed by atoms with van der Waals surface area (Å²) in [5, 5.41) is 0. The predicted molar refractivity (Wildman–Crippen MR) is 72.8 cm³/mol. The van der Waals surface area contributed by atoms with Crippen LogP contribution in [0.3, 0.4) is 0 Å². The van der Waals surface area contributed by atoms with Gasteiger partial charge in [0, 0.05) is 6.61 Å². The number of hydrazine groups is 1. The molecule has 104 valence electrons. The molecule has 0 radical (unpaired) electrons. The molecule has 4 fully saturated rings. The van der Waals surface area contributed by atoms with Crippen LogP contribution in [-0.4, -0.2) is 19.3 Å². The summed E-state index contributed by atoms with van der Waals surface area (Å²) in [6.45, 7) is 3.83. The average molecular weight is 252 g/mol. The van der Waals surface area contributed by atoms with Gasteiger partial charge in [-0.1, -0.05) is 6.92 Å². The topological polar surface area (TPSA) is 47.3 Å². The molecule has 0 spiro atoms. The molecule has 0 heterocycles. The van der Waals surface area contributed by atoms with E-state index in [1.165, 1.54) is 38.5 Å². The summed E-state index contributed by atoms with van der Waals surface area (Å²) in [5.41, 5.74) is 3.55. The van der Waals surface area contributed by atoms with E-state index in [2.05, 4.69) is 12.3 Å². The Labute approximate surface area is 111 Å². The molecule has 1 unspecified atom stereocenters. The van der Waals surface area contributed by atoms with Crippen LogP contribution in [0.4, 0.5) is 0 Å². The summed E-state index contributed by atoms with van der Waals surface area (Å²) >= 11 is 0. The molecule has 4 aliphatic rings. The average Bonchev–Trinajstić information content (AvgIpc) is 2.32. The van der Waals surface area contributed by atoms with E-state index in [4.69, 9.17) is 10.6 Å². The molecular weight excluding hydrogens is 224 g/mol. The summed E-state index contributed by atoms with van der Waals surface area (Å²) in [5.74, 6) is 8.80. The highest BCUT2D eigenvalue weighted by molar-refractivity contribution is 5.05. The van der Waals surface area contributed by atoms with Gasteiger partial charge in [0.05, 0.1) is 12.6 Å². The van der Waals surface area contributed by atoms with Gasteiger partial charge in [-0.05, 0) is 68.1 Å². The molecule has 1 atom stereocenters. The van der Waals surface area contributed by atoms with Gasteiger partial charge in [0.2, 0.25) is 0 Å². The molecule has 0 aliphatic heterocycles. The van der Waals surface area contributed by atoms with Crippen molar-refractivity contribution in [3.8, 4) is 0 Å². The Kier molecular flexibility index (Phi) is 3.65. The number of hydrogen-bond acceptors (Lipinski definition) is 3. The van der Waals surface area contributed by atoms with Gasteiger partial charge in [0.25, 0.3) is 0 Å². The first-order chi connectivity index (χ1) is 8.75. The third-order valence-electron chi connectivity index (χ3n) is 5.66. The van der Waals surface area contributed by atoms with E-state index in [-0.39, 0.29) is 0 Å². The lowest BCUT2D eigenvalue weighted by atomic mass is 9.48. The highest BCUT2D eigenvalue weighted by Gasteiger charge is 2.53. The second-order valence-electron chi connectivity index (χ2n) is 7.07. The van der Waals surface area contributed by atoms with Gasteiger partial charge in [0.15, 0.2) is 0 Å². The first-order valence-electron chi connectivity index (χ1n) is 7.79. The molecule has 0 aromatic heterocycles. The fraction of sp³-hybridized carbons (Fsp3) is 1.00. The number of hydrogen-bond donors (Lipinski definition) is 2. The summed E-state index contributed by atoms with van der Waals surface area (Å²) in [6.07, 6.45) is 9.75. The number of nitrogens with two attached hydrogens (primary N) is 1. The SMILES string of the molecule is CCCOCC(NN)C12CC3CC(CC(C3)C1)C2. The molecule has 3 nitrogen and oxygen atoms in total. The minimum Gasteiger partial charge on any atom is -0.380 e. The van der Waals surface area contributed by atoms with Crippen LogP contribution in [0, 0.1) is 23.2 Å². The van der Waals surface area contributed by atoms with Crippen LogP contribution in [0.5, 0.6) is 0 Å². The van der Waals surface area contributed by atoms with Crippen molar-refractivity contribution >= 4 is 0 Å². The highest BCUT2D eigenvalue weighted by Crippen LogP contribution is 2.61. The summed E-state index contributed by atoms with van der Waals surface area (Å²) in [4.78, 5) is 0. The van der Waals surface area contributed by atoms with E-state index in [1.54, 1.807) is 0 Å². The summed E-state index contributed by atoms with van der Waals surface area (Å²) in [7, 11) is 0. The first kappa shape index (κ1) is 12.9. The Balaban J connectivity index is 1.68. The van der Waals surface area contributed by atoms with Crippen molar-refractivity contribution in [2.24, 2.45) is 29.0 Å². The Morgan fingerprint density at radius 1 is 1.17 bits per heavy atom. The number of rotatable bonds is 6. The van der Waals surface area contributed by atoms with Crippen LogP contribution >= 0.6 is 0 Å². The molecule has 0 aromatic rings. The molecule has 4 bridgehead atoms. The van der Waals surface area contributed by atoms with E-state index in [1.807, 2.05) is 0 Å². The zero-order valence-electron chi connectivity index (χ0n) is 11.7. The fourth-order valence-corrected chi connectivity index (χ4v) is 5.35. The van der Waals surface area contributed by atoms with Crippen LogP contribution in [0.25, 0.3) is 0 Å². The van der Waals surface area contributed by atoms with Gasteiger partial charge < -0.3 is 4.74 Å². The molecule has 3 N–H and O–H groups in total. The van der Waals surface area contributed by atoms with Gasteiger partial charge >= 0.3 is 0 Å². The fourth-order valence-electron chi connectivity index (χ4n) is 5.35. The molecule has 0 saturated heterocycles. The van der Waals surface area contributed by atoms with Crippen LogP contribution in [0.15, 0.2) is 0 Å². The predicted octanol–water partition coefficient (Wildman–Crippen LogP) is 2.46. The van der Waals surface area contributed by atoms with Crippen LogP contribution in [-0.2, 0) is 4.74 Å².